The van der Waals surface area contributed by atoms with E-state index in [1.165, 1.54) is 30.1 Å². The average Bonchev–Trinajstić information content (AvgIpc) is 3.15. The molecule has 2 aromatic carbocycles. The van der Waals surface area contributed by atoms with Gasteiger partial charge in [0.2, 0.25) is 5.91 Å². The molecule has 1 unspecified atom stereocenters. The Morgan fingerprint density at radius 2 is 1.80 bits per heavy atom. The molecule has 0 aliphatic carbocycles. The Hall–Kier alpha value is -3.04. The summed E-state index contributed by atoms with van der Waals surface area (Å²) in [5, 5.41) is -0.183. The van der Waals surface area contributed by atoms with Gasteiger partial charge in [-0.15, -0.1) is 11.8 Å². The molecule has 7 nitrogen and oxygen atoms in total. The zero-order valence-corrected chi connectivity index (χ0v) is 17.7. The number of anilines is 2. The Bertz CT molecular complexity index is 1140. The van der Waals surface area contributed by atoms with Crippen LogP contribution in [0.1, 0.15) is 10.9 Å². The molecule has 1 fully saturated rings. The van der Waals surface area contributed by atoms with Crippen molar-refractivity contribution in [2.75, 3.05) is 22.5 Å². The van der Waals surface area contributed by atoms with E-state index in [-0.39, 0.29) is 22.0 Å². The molecule has 2 heterocycles. The third-order valence-electron chi connectivity index (χ3n) is 4.60. The van der Waals surface area contributed by atoms with Gasteiger partial charge in [0, 0.05) is 11.9 Å². The second kappa shape index (κ2) is 8.37. The lowest BCUT2D eigenvalue weighted by Crippen LogP contribution is -2.27. The lowest BCUT2D eigenvalue weighted by molar-refractivity contribution is -0.115. The number of pyridine rings is 1. The number of hydrogen-bond donors (Lipinski definition) is 1. The number of thioether (sulfide) groups is 1. The fourth-order valence-electron chi connectivity index (χ4n) is 3.12. The molecule has 30 heavy (non-hydrogen) atoms. The van der Waals surface area contributed by atoms with E-state index in [0.29, 0.717) is 11.4 Å². The van der Waals surface area contributed by atoms with E-state index in [0.717, 1.165) is 11.3 Å². The summed E-state index contributed by atoms with van der Waals surface area (Å²) in [6, 6.07) is 18.8. The lowest BCUT2D eigenvalue weighted by atomic mass is 10.2. The molecule has 0 saturated carbocycles. The molecule has 9 heteroatoms. The maximum atomic E-state index is 12.6. The maximum absolute atomic E-state index is 12.6. The van der Waals surface area contributed by atoms with Crippen molar-refractivity contribution in [3.05, 3.63) is 78.5 Å². The van der Waals surface area contributed by atoms with Crippen LogP contribution in [0.2, 0.25) is 0 Å². The van der Waals surface area contributed by atoms with E-state index < -0.39 is 10.0 Å². The number of rotatable bonds is 6. The topological polar surface area (TPSA) is 88.6 Å². The van der Waals surface area contributed by atoms with Crippen LogP contribution in [0.5, 0.6) is 5.75 Å². The summed E-state index contributed by atoms with van der Waals surface area (Å²) >= 11 is 1.53. The Kier molecular flexibility index (Phi) is 5.65. The number of hydrogen-bond acceptors (Lipinski definition) is 6. The van der Waals surface area contributed by atoms with Crippen LogP contribution in [0.3, 0.4) is 0 Å². The van der Waals surface area contributed by atoms with Crippen molar-refractivity contribution in [3.63, 3.8) is 0 Å². The van der Waals surface area contributed by atoms with E-state index in [2.05, 4.69) is 9.71 Å². The number of benzene rings is 2. The van der Waals surface area contributed by atoms with Crippen LogP contribution in [-0.4, -0.2) is 32.2 Å². The van der Waals surface area contributed by atoms with Crippen LogP contribution in [0.4, 0.5) is 11.5 Å². The molecule has 1 aromatic heterocycles. The number of methoxy groups -OCH3 is 1. The van der Waals surface area contributed by atoms with Crippen LogP contribution in [0, 0.1) is 0 Å². The predicted molar refractivity (Wildman–Crippen MR) is 117 cm³/mol. The summed E-state index contributed by atoms with van der Waals surface area (Å²) in [7, 11) is -2.17. The number of sulfonamides is 1. The molecular weight excluding hydrogens is 422 g/mol. The fourth-order valence-corrected chi connectivity index (χ4v) is 5.31. The summed E-state index contributed by atoms with van der Waals surface area (Å²) in [5.74, 6) is 1.32. The SMILES string of the molecule is COc1ccc(C2SCC(=O)N2c2ccc(S(=O)(=O)Nc3ccccn3)cc2)cc1. The van der Waals surface area contributed by atoms with Crippen molar-refractivity contribution in [1.82, 2.24) is 4.98 Å². The van der Waals surface area contributed by atoms with Crippen LogP contribution in [0.25, 0.3) is 0 Å². The Labute approximate surface area is 179 Å². The molecule has 3 aromatic rings. The highest BCUT2D eigenvalue weighted by Gasteiger charge is 2.34. The van der Waals surface area contributed by atoms with Gasteiger partial charge in [-0.1, -0.05) is 18.2 Å². The smallest absolute Gasteiger partial charge is 0.263 e. The van der Waals surface area contributed by atoms with Gasteiger partial charge >= 0.3 is 0 Å². The monoisotopic (exact) mass is 441 g/mol. The molecule has 1 aliphatic heterocycles. The highest BCUT2D eigenvalue weighted by molar-refractivity contribution is 8.00. The quantitative estimate of drug-likeness (QED) is 0.628. The van der Waals surface area contributed by atoms with Gasteiger partial charge in [-0.2, -0.15) is 0 Å². The molecule has 1 aliphatic rings. The van der Waals surface area contributed by atoms with Gasteiger partial charge in [-0.05, 0) is 54.1 Å². The van der Waals surface area contributed by atoms with E-state index in [4.69, 9.17) is 4.74 Å². The Morgan fingerprint density at radius 3 is 2.43 bits per heavy atom. The van der Waals surface area contributed by atoms with Crippen molar-refractivity contribution in [2.45, 2.75) is 10.3 Å². The molecule has 0 spiro atoms. The fraction of sp³-hybridized carbons (Fsp3) is 0.143. The molecule has 1 atom stereocenters. The van der Waals surface area contributed by atoms with E-state index in [9.17, 15) is 13.2 Å². The molecule has 1 saturated heterocycles. The lowest BCUT2D eigenvalue weighted by Gasteiger charge is -2.24. The van der Waals surface area contributed by atoms with E-state index in [1.807, 2.05) is 24.3 Å². The Balaban J connectivity index is 1.58. The van der Waals surface area contributed by atoms with Crippen molar-refractivity contribution in [2.24, 2.45) is 0 Å². The van der Waals surface area contributed by atoms with E-state index >= 15 is 0 Å². The molecular formula is C21H19N3O4S2. The van der Waals surface area contributed by atoms with Crippen molar-refractivity contribution < 1.29 is 17.9 Å². The van der Waals surface area contributed by atoms with Crippen molar-refractivity contribution >= 4 is 39.2 Å². The maximum Gasteiger partial charge on any atom is 0.263 e. The molecule has 0 bridgehead atoms. The highest BCUT2D eigenvalue weighted by Crippen LogP contribution is 2.42. The first-order chi connectivity index (χ1) is 14.5. The van der Waals surface area contributed by atoms with Crippen molar-refractivity contribution in [3.8, 4) is 5.75 Å². The number of aromatic nitrogens is 1. The number of nitrogens with one attached hydrogen (secondary N) is 1. The molecule has 1 amide bonds. The number of ether oxygens (including phenoxy) is 1. The van der Waals surface area contributed by atoms with Gasteiger partial charge < -0.3 is 4.74 Å². The van der Waals surface area contributed by atoms with Crippen LogP contribution < -0.4 is 14.4 Å². The molecule has 1 N–H and O–H groups in total. The number of carbonyl (C=O) groups is 1. The van der Waals surface area contributed by atoms with Crippen LogP contribution >= 0.6 is 11.8 Å². The predicted octanol–water partition coefficient (Wildman–Crippen LogP) is 3.67. The zero-order chi connectivity index (χ0) is 21.1. The van der Waals surface area contributed by atoms with E-state index in [1.54, 1.807) is 42.3 Å². The largest absolute Gasteiger partial charge is 0.497 e. The first-order valence-corrected chi connectivity index (χ1v) is 11.6. The first kappa shape index (κ1) is 20.2. The number of carbonyl (C=O) groups excluding carboxylic acids is 1. The highest BCUT2D eigenvalue weighted by atomic mass is 32.2. The van der Waals surface area contributed by atoms with Gasteiger partial charge in [-0.25, -0.2) is 13.4 Å². The first-order valence-electron chi connectivity index (χ1n) is 9.09. The van der Waals surface area contributed by atoms with Gasteiger partial charge in [0.15, 0.2) is 0 Å². The second-order valence-electron chi connectivity index (χ2n) is 6.51. The summed E-state index contributed by atoms with van der Waals surface area (Å²) in [5.41, 5.74) is 1.61. The summed E-state index contributed by atoms with van der Waals surface area (Å²) < 4.78 is 32.8. The van der Waals surface area contributed by atoms with Crippen LogP contribution in [0.15, 0.2) is 77.8 Å². The second-order valence-corrected chi connectivity index (χ2v) is 9.27. The minimum Gasteiger partial charge on any atom is -0.497 e. The molecule has 154 valence electrons. The Morgan fingerprint density at radius 1 is 1.07 bits per heavy atom. The van der Waals surface area contributed by atoms with Gasteiger partial charge in [-0.3, -0.25) is 14.4 Å². The number of amides is 1. The minimum absolute atomic E-state index is 0.0250. The summed E-state index contributed by atoms with van der Waals surface area (Å²) in [4.78, 5) is 18.3. The standard InChI is InChI=1S/C21H19N3O4S2/c1-28-17-9-5-15(6-10-17)21-24(20(25)14-29-21)16-7-11-18(12-8-16)30(26,27)23-19-4-2-3-13-22-19/h2-13,21H,14H2,1H3,(H,22,23). The summed E-state index contributed by atoms with van der Waals surface area (Å²) in [6.45, 7) is 0. The van der Waals surface area contributed by atoms with Gasteiger partial charge in [0.05, 0.1) is 17.8 Å². The third-order valence-corrected chi connectivity index (χ3v) is 7.18. The normalized spacial score (nSPS) is 16.5. The molecule has 4 rings (SSSR count). The minimum atomic E-state index is -3.78. The van der Waals surface area contributed by atoms with Gasteiger partial charge in [0.25, 0.3) is 10.0 Å². The van der Waals surface area contributed by atoms with Crippen LogP contribution in [-0.2, 0) is 14.8 Å². The number of nitrogens with zero attached hydrogens (tertiary/aromatic N) is 2. The third kappa shape index (κ3) is 4.12. The molecule has 0 radical (unpaired) electrons. The zero-order valence-electron chi connectivity index (χ0n) is 16.1. The van der Waals surface area contributed by atoms with Crippen molar-refractivity contribution in [1.29, 1.82) is 0 Å². The summed E-state index contributed by atoms with van der Waals surface area (Å²) in [6.07, 6.45) is 1.51. The average molecular weight is 442 g/mol. The van der Waals surface area contributed by atoms with Gasteiger partial charge in [0.1, 0.15) is 16.9 Å².